The first-order chi connectivity index (χ1) is 12.3. The van der Waals surface area contributed by atoms with Crippen LogP contribution in [0.3, 0.4) is 0 Å². The van der Waals surface area contributed by atoms with Crippen LogP contribution in [0, 0.1) is 0 Å². The molecular formula is C19H19N3O3. The van der Waals surface area contributed by atoms with E-state index in [2.05, 4.69) is 10.5 Å². The molecule has 0 atom stereocenters. The molecule has 2 aliphatic rings. The third-order valence-corrected chi connectivity index (χ3v) is 4.57. The van der Waals surface area contributed by atoms with Gasteiger partial charge in [-0.15, -0.1) is 0 Å². The Morgan fingerprint density at radius 1 is 1.16 bits per heavy atom. The number of carbonyl (C=O) groups excluding carboxylic acids is 1. The summed E-state index contributed by atoms with van der Waals surface area (Å²) in [6.07, 6.45) is 6.99. The summed E-state index contributed by atoms with van der Waals surface area (Å²) in [6, 6.07) is 12.9. The van der Waals surface area contributed by atoms with Crippen molar-refractivity contribution in [2.45, 2.75) is 18.4 Å². The van der Waals surface area contributed by atoms with Crippen LogP contribution in [0.5, 0.6) is 11.6 Å². The van der Waals surface area contributed by atoms with E-state index in [1.165, 1.54) is 0 Å². The van der Waals surface area contributed by atoms with Gasteiger partial charge in [0.2, 0.25) is 5.88 Å². The van der Waals surface area contributed by atoms with Gasteiger partial charge in [0.25, 0.3) is 5.91 Å². The number of pyridine rings is 1. The molecule has 0 aliphatic carbocycles. The van der Waals surface area contributed by atoms with Crippen molar-refractivity contribution in [3.63, 3.8) is 0 Å². The highest BCUT2D eigenvalue weighted by atomic mass is 16.7. The number of nitrogens with zero attached hydrogens (tertiary/aromatic N) is 2. The van der Waals surface area contributed by atoms with Gasteiger partial charge in [0.15, 0.2) is 0 Å². The lowest BCUT2D eigenvalue weighted by Gasteiger charge is -2.36. The zero-order valence-corrected chi connectivity index (χ0v) is 13.7. The highest BCUT2D eigenvalue weighted by Gasteiger charge is 2.38. The average molecular weight is 337 g/mol. The first-order valence-corrected chi connectivity index (χ1v) is 8.34. The molecule has 1 N–H and O–H groups in total. The number of ether oxygens (including phenoxy) is 1. The molecule has 0 radical (unpaired) electrons. The predicted octanol–water partition coefficient (Wildman–Crippen LogP) is 2.90. The molecule has 2 aliphatic heterocycles. The molecule has 1 saturated heterocycles. The lowest BCUT2D eigenvalue weighted by Crippen LogP contribution is -2.46. The molecule has 0 bridgehead atoms. The Labute approximate surface area is 146 Å². The first-order valence-electron chi connectivity index (χ1n) is 8.34. The summed E-state index contributed by atoms with van der Waals surface area (Å²) < 4.78 is 5.81. The lowest BCUT2D eigenvalue weighted by atomic mass is 9.91. The van der Waals surface area contributed by atoms with Crippen molar-refractivity contribution in [3.8, 4) is 11.6 Å². The maximum atomic E-state index is 12.9. The second-order valence-corrected chi connectivity index (χ2v) is 6.18. The molecule has 3 heterocycles. The van der Waals surface area contributed by atoms with Crippen LogP contribution in [0.4, 0.5) is 0 Å². The van der Waals surface area contributed by atoms with Crippen LogP contribution in [-0.2, 0) is 4.84 Å². The van der Waals surface area contributed by atoms with Gasteiger partial charge in [-0.1, -0.05) is 18.2 Å². The van der Waals surface area contributed by atoms with Gasteiger partial charge < -0.3 is 9.64 Å². The smallest absolute Gasteiger partial charge is 0.259 e. The standard InChI is InChI=1S/C19H19N3O3/c23-18(22-13-9-19(10-14-22)8-12-21-25-19)16-7-4-11-20-17(16)24-15-5-2-1-3-6-15/h1-8,11-12,21H,9-10,13-14H2. The number of aromatic nitrogens is 1. The average Bonchev–Trinajstić information content (AvgIpc) is 3.11. The van der Waals surface area contributed by atoms with Crippen LogP contribution in [-0.4, -0.2) is 34.5 Å². The summed E-state index contributed by atoms with van der Waals surface area (Å²) in [6.45, 7) is 1.26. The van der Waals surface area contributed by atoms with Gasteiger partial charge in [-0.25, -0.2) is 4.98 Å². The summed E-state index contributed by atoms with van der Waals surface area (Å²) in [4.78, 5) is 24.6. The van der Waals surface area contributed by atoms with Crippen molar-refractivity contribution in [3.05, 3.63) is 66.5 Å². The normalized spacial score (nSPS) is 18.2. The number of hydrogen-bond acceptors (Lipinski definition) is 5. The van der Waals surface area contributed by atoms with Crippen molar-refractivity contribution in [1.29, 1.82) is 0 Å². The van der Waals surface area contributed by atoms with Gasteiger partial charge >= 0.3 is 0 Å². The van der Waals surface area contributed by atoms with E-state index in [1.807, 2.05) is 47.5 Å². The van der Waals surface area contributed by atoms with Crippen LogP contribution in [0.2, 0.25) is 0 Å². The summed E-state index contributed by atoms with van der Waals surface area (Å²) in [7, 11) is 0. The largest absolute Gasteiger partial charge is 0.438 e. The highest BCUT2D eigenvalue weighted by Crippen LogP contribution is 2.31. The molecule has 1 aromatic carbocycles. The van der Waals surface area contributed by atoms with E-state index >= 15 is 0 Å². The number of amides is 1. The Kier molecular flexibility index (Phi) is 4.11. The number of para-hydroxylation sites is 1. The Bertz CT molecular complexity index is 784. The second kappa shape index (κ2) is 6.57. The van der Waals surface area contributed by atoms with Crippen molar-refractivity contribution >= 4 is 5.91 Å². The molecule has 1 amide bonds. The SMILES string of the molecule is O=C(c1cccnc1Oc1ccccc1)N1CCC2(C=CNO2)CC1. The van der Waals surface area contributed by atoms with Crippen molar-refractivity contribution in [1.82, 2.24) is 15.4 Å². The fourth-order valence-electron chi connectivity index (χ4n) is 3.13. The number of likely N-dealkylation sites (tertiary alicyclic amines) is 1. The zero-order valence-electron chi connectivity index (χ0n) is 13.7. The van der Waals surface area contributed by atoms with E-state index in [0.29, 0.717) is 30.3 Å². The summed E-state index contributed by atoms with van der Waals surface area (Å²) in [5.74, 6) is 0.921. The number of carbonyl (C=O) groups is 1. The maximum Gasteiger partial charge on any atom is 0.259 e. The molecule has 1 aromatic heterocycles. The van der Waals surface area contributed by atoms with Gasteiger partial charge in [-0.05, 0) is 30.3 Å². The zero-order chi connectivity index (χ0) is 17.1. The van der Waals surface area contributed by atoms with E-state index in [-0.39, 0.29) is 11.5 Å². The number of nitrogens with one attached hydrogen (secondary N) is 1. The highest BCUT2D eigenvalue weighted by molar-refractivity contribution is 5.96. The number of rotatable bonds is 3. The molecule has 6 heteroatoms. The third kappa shape index (κ3) is 3.21. The molecule has 0 unspecified atom stereocenters. The molecule has 1 spiro atoms. The molecule has 128 valence electrons. The fourth-order valence-corrected chi connectivity index (χ4v) is 3.13. The van der Waals surface area contributed by atoms with Gasteiger partial charge in [-0.2, -0.15) is 0 Å². The van der Waals surface area contributed by atoms with E-state index in [9.17, 15) is 4.79 Å². The molecule has 4 rings (SSSR count). The minimum atomic E-state index is -0.283. The Morgan fingerprint density at radius 3 is 2.68 bits per heavy atom. The minimum Gasteiger partial charge on any atom is -0.438 e. The van der Waals surface area contributed by atoms with Gasteiger partial charge in [0, 0.05) is 38.3 Å². The number of hydrogen-bond donors (Lipinski definition) is 1. The maximum absolute atomic E-state index is 12.9. The molecule has 0 saturated carbocycles. The van der Waals surface area contributed by atoms with E-state index in [1.54, 1.807) is 18.3 Å². The summed E-state index contributed by atoms with van der Waals surface area (Å²) in [5.41, 5.74) is 2.97. The van der Waals surface area contributed by atoms with Crippen LogP contribution in [0.25, 0.3) is 0 Å². The summed E-state index contributed by atoms with van der Waals surface area (Å²) >= 11 is 0. The fraction of sp³-hybridized carbons (Fsp3) is 0.263. The van der Waals surface area contributed by atoms with Gasteiger partial charge in [0.05, 0.1) is 0 Å². The monoisotopic (exact) mass is 337 g/mol. The van der Waals surface area contributed by atoms with Gasteiger partial charge in [0.1, 0.15) is 16.9 Å². The third-order valence-electron chi connectivity index (χ3n) is 4.57. The van der Waals surface area contributed by atoms with E-state index in [0.717, 1.165) is 12.8 Å². The number of piperidine rings is 1. The van der Waals surface area contributed by atoms with Crippen molar-refractivity contribution in [2.75, 3.05) is 13.1 Å². The Morgan fingerprint density at radius 2 is 1.96 bits per heavy atom. The first kappa shape index (κ1) is 15.7. The Hall–Kier alpha value is -2.86. The summed E-state index contributed by atoms with van der Waals surface area (Å²) in [5, 5.41) is 0. The van der Waals surface area contributed by atoms with Crippen molar-refractivity contribution < 1.29 is 14.4 Å². The molecule has 2 aromatic rings. The van der Waals surface area contributed by atoms with Gasteiger partial charge in [-0.3, -0.25) is 15.1 Å². The minimum absolute atomic E-state index is 0.0659. The van der Waals surface area contributed by atoms with Crippen LogP contribution < -0.4 is 10.2 Å². The second-order valence-electron chi connectivity index (χ2n) is 6.18. The van der Waals surface area contributed by atoms with Crippen molar-refractivity contribution in [2.24, 2.45) is 0 Å². The van der Waals surface area contributed by atoms with E-state index in [4.69, 9.17) is 9.57 Å². The number of hydroxylamine groups is 1. The predicted molar refractivity (Wildman–Crippen MR) is 92.0 cm³/mol. The van der Waals surface area contributed by atoms with E-state index < -0.39 is 0 Å². The lowest BCUT2D eigenvalue weighted by molar-refractivity contribution is -0.0673. The molecule has 6 nitrogen and oxygen atoms in total. The van der Waals surface area contributed by atoms with Crippen LogP contribution >= 0.6 is 0 Å². The Balaban J connectivity index is 1.50. The molecular weight excluding hydrogens is 318 g/mol. The molecule has 25 heavy (non-hydrogen) atoms. The topological polar surface area (TPSA) is 63.7 Å². The van der Waals surface area contributed by atoms with Crippen LogP contribution in [0.15, 0.2) is 60.9 Å². The molecule has 1 fully saturated rings. The van der Waals surface area contributed by atoms with Crippen LogP contribution in [0.1, 0.15) is 23.2 Å². The quantitative estimate of drug-likeness (QED) is 0.933. The number of benzene rings is 1.